The van der Waals surface area contributed by atoms with Gasteiger partial charge in [-0.15, -0.1) is 0 Å². The molecule has 84 valence electrons. The molecule has 1 aromatic heterocycles. The molecule has 0 aliphatic carbocycles. The normalized spacial score (nSPS) is 10.1. The SMILES string of the molecule is CCC(=O)Nc1ccc2nc([NH][RaH])ccc2c1. The summed E-state index contributed by atoms with van der Waals surface area (Å²) >= 11 is 0.254. The zero-order valence-electron chi connectivity index (χ0n) is 9.95. The minimum atomic E-state index is 0.0269. The van der Waals surface area contributed by atoms with Crippen LogP contribution in [-0.4, -0.2) is 10.9 Å². The molecule has 2 aromatic rings. The third kappa shape index (κ3) is 3.18. The van der Waals surface area contributed by atoms with Crippen molar-refractivity contribution in [1.82, 2.24) is 4.98 Å². The van der Waals surface area contributed by atoms with Gasteiger partial charge >= 0.3 is 131 Å². The van der Waals surface area contributed by atoms with E-state index in [2.05, 4.69) is 11.1 Å². The summed E-state index contributed by atoms with van der Waals surface area (Å²) in [5.74, 6) is 0.965. The van der Waals surface area contributed by atoms with E-state index in [-0.39, 0.29) is 49.1 Å². The van der Waals surface area contributed by atoms with E-state index in [1.165, 1.54) is 0 Å². The van der Waals surface area contributed by atoms with Gasteiger partial charge in [-0.1, -0.05) is 0 Å². The van der Waals surface area contributed by atoms with Gasteiger partial charge in [0.2, 0.25) is 0 Å². The van der Waals surface area contributed by atoms with Crippen molar-refractivity contribution >= 4 is 28.3 Å². The molecule has 17 heavy (non-hydrogen) atoms. The Morgan fingerprint density at radius 1 is 1.35 bits per heavy atom. The Morgan fingerprint density at radius 3 is 2.88 bits per heavy atom. The average molecular weight is 441 g/mol. The predicted octanol–water partition coefficient (Wildman–Crippen LogP) is 2.19. The summed E-state index contributed by atoms with van der Waals surface area (Å²) in [6.07, 6.45) is 0.489. The Kier molecular flexibility index (Phi) is 4.38. The quantitative estimate of drug-likeness (QED) is 0.768. The summed E-state index contributed by atoms with van der Waals surface area (Å²) < 4.78 is 3.22. The van der Waals surface area contributed by atoms with Gasteiger partial charge in [-0.2, -0.15) is 0 Å². The summed E-state index contributed by atoms with van der Waals surface area (Å²) in [5, 5.41) is 3.88. The molecule has 1 amide bonds. The number of nitrogens with zero attached hydrogens (tertiary/aromatic N) is 1. The number of hydrogen-bond acceptors (Lipinski definition) is 3. The fourth-order valence-electron chi connectivity index (χ4n) is 1.59. The van der Waals surface area contributed by atoms with Gasteiger partial charge in [-0.3, -0.25) is 0 Å². The number of anilines is 2. The van der Waals surface area contributed by atoms with Gasteiger partial charge in [-0.25, -0.2) is 0 Å². The number of nitrogens with one attached hydrogen (secondary N) is 2. The van der Waals surface area contributed by atoms with Crippen LogP contribution in [-0.2, 0) is 4.79 Å². The molecule has 1 heterocycles. The number of amides is 1. The van der Waals surface area contributed by atoms with E-state index >= 15 is 0 Å². The Balaban J connectivity index is 2.34. The van der Waals surface area contributed by atoms with Gasteiger partial charge in [0.1, 0.15) is 0 Å². The first-order chi connectivity index (χ1) is 8.22. The molecule has 4 nitrogen and oxygen atoms in total. The molecule has 0 bridgehead atoms. The maximum atomic E-state index is 11.3. The summed E-state index contributed by atoms with van der Waals surface area (Å²) in [6.45, 7) is 1.84. The summed E-state index contributed by atoms with van der Waals surface area (Å²) in [5.41, 5.74) is 1.77. The van der Waals surface area contributed by atoms with Crippen molar-refractivity contribution in [3.05, 3.63) is 30.3 Å². The van der Waals surface area contributed by atoms with Gasteiger partial charge in [0.25, 0.3) is 0 Å². The standard InChI is InChI=1S/C12H13N3O.Ra.H/c1-2-12(16)14-9-4-5-10-8(7-9)3-6-11(13)15-10;;/h3-7H,2H2,1H3,(H3,13,14,15,16);;/q;+1;/p-1. The molecule has 0 aliphatic rings. The fraction of sp³-hybridized carbons (Fsp3) is 0.167. The van der Waals surface area contributed by atoms with Crippen molar-refractivity contribution in [1.29, 1.82) is 0 Å². The molecule has 0 spiro atoms. The molecular formula is C12H13N3ORa. The van der Waals surface area contributed by atoms with E-state index < -0.39 is 0 Å². The van der Waals surface area contributed by atoms with Crippen LogP contribution in [0.15, 0.2) is 30.3 Å². The van der Waals surface area contributed by atoms with Gasteiger partial charge in [-0.05, 0) is 0 Å². The molecule has 0 atom stereocenters. The van der Waals surface area contributed by atoms with Crippen molar-refractivity contribution in [2.45, 2.75) is 13.3 Å². The van der Waals surface area contributed by atoms with E-state index in [4.69, 9.17) is 0 Å². The topological polar surface area (TPSA) is 54.0 Å². The molecular weight excluding hydrogens is 428 g/mol. The van der Waals surface area contributed by atoms with E-state index in [0.717, 1.165) is 22.4 Å². The van der Waals surface area contributed by atoms with Crippen LogP contribution in [0, 0.1) is 43.2 Å². The molecule has 0 radical (unpaired) electrons. The molecule has 0 fully saturated rings. The van der Waals surface area contributed by atoms with Gasteiger partial charge in [0.05, 0.1) is 0 Å². The van der Waals surface area contributed by atoms with Crippen LogP contribution in [0.2, 0.25) is 0 Å². The number of carbonyl (C=O) groups is 1. The van der Waals surface area contributed by atoms with Crippen LogP contribution in [0.5, 0.6) is 0 Å². The second-order valence-electron chi connectivity index (χ2n) is 3.76. The number of pyridine rings is 1. The number of carbonyl (C=O) groups excluding carboxylic acids is 1. The Morgan fingerprint density at radius 2 is 2.18 bits per heavy atom. The van der Waals surface area contributed by atoms with Crippen molar-refractivity contribution in [2.24, 2.45) is 0 Å². The molecule has 0 aliphatic heterocycles. The van der Waals surface area contributed by atoms with E-state index in [9.17, 15) is 4.79 Å². The van der Waals surface area contributed by atoms with Crippen LogP contribution in [0.4, 0.5) is 11.5 Å². The number of benzene rings is 1. The number of aromatic nitrogens is 1. The zero-order valence-corrected chi connectivity index (χ0v) is 18.2. The van der Waals surface area contributed by atoms with E-state index in [1.54, 1.807) is 0 Å². The second-order valence-corrected chi connectivity index (χ2v) is 5.81. The van der Waals surface area contributed by atoms with Crippen LogP contribution < -0.4 is 6.17 Å². The van der Waals surface area contributed by atoms with Crippen LogP contribution in [0.1, 0.15) is 13.3 Å². The van der Waals surface area contributed by atoms with Gasteiger partial charge < -0.3 is 0 Å². The van der Waals surface area contributed by atoms with Crippen LogP contribution in [0.3, 0.4) is 0 Å². The Labute approximate surface area is 130 Å². The third-order valence-electron chi connectivity index (χ3n) is 2.55. The van der Waals surface area contributed by atoms with E-state index in [1.807, 2.05) is 37.3 Å². The molecule has 1 aromatic carbocycles. The van der Waals surface area contributed by atoms with Crippen molar-refractivity contribution in [3.63, 3.8) is 0 Å². The number of hydrogen-bond donors (Lipinski definition) is 2. The van der Waals surface area contributed by atoms with Crippen molar-refractivity contribution in [2.75, 3.05) is 6.17 Å². The average Bonchev–Trinajstić information content (AvgIpc) is 2.38. The summed E-state index contributed by atoms with van der Waals surface area (Å²) in [6, 6.07) is 9.74. The number of fused-ring (bicyclic) bond motifs is 1. The summed E-state index contributed by atoms with van der Waals surface area (Å²) in [4.78, 5) is 15.8. The number of rotatable bonds is 3. The first-order valence-electron chi connectivity index (χ1n) is 5.61. The molecule has 2 rings (SSSR count). The first kappa shape index (κ1) is 12.8. The van der Waals surface area contributed by atoms with Gasteiger partial charge in [0, 0.05) is 0 Å². The molecule has 5 heteroatoms. The molecule has 2 N–H and O–H groups in total. The van der Waals surface area contributed by atoms with Gasteiger partial charge in [0.15, 0.2) is 0 Å². The fourth-order valence-corrected chi connectivity index (χ4v) is 2.74. The first-order valence-corrected chi connectivity index (χ1v) is 9.72. The predicted molar refractivity (Wildman–Crippen MR) is 65.7 cm³/mol. The van der Waals surface area contributed by atoms with Crippen LogP contribution in [0.25, 0.3) is 10.9 Å². The zero-order chi connectivity index (χ0) is 12.3. The Hall–Kier alpha value is -0.632. The van der Waals surface area contributed by atoms with Crippen molar-refractivity contribution < 1.29 is 48.0 Å². The monoisotopic (exact) mass is 441 g/mol. The molecule has 0 saturated carbocycles. The van der Waals surface area contributed by atoms with Crippen molar-refractivity contribution in [3.8, 4) is 0 Å². The maximum absolute atomic E-state index is 11.3. The van der Waals surface area contributed by atoms with Crippen LogP contribution >= 0.6 is 0 Å². The minimum absolute atomic E-state index is 0.0269. The molecule has 0 saturated heterocycles. The second kappa shape index (κ2) is 5.81. The Bertz CT molecular complexity index is 556. The molecule has 0 unspecified atom stereocenters. The summed E-state index contributed by atoms with van der Waals surface area (Å²) in [7, 11) is 0. The third-order valence-corrected chi connectivity index (χ3v) is 4.66. The van der Waals surface area contributed by atoms with E-state index in [0.29, 0.717) is 6.42 Å².